The predicted octanol–water partition coefficient (Wildman–Crippen LogP) is 6.16. The minimum absolute atomic E-state index is 0. The Morgan fingerprint density at radius 1 is 1.12 bits per heavy atom. The molecule has 3 nitrogen and oxygen atoms in total. The lowest BCUT2D eigenvalue weighted by Gasteiger charge is -2.35. The molecule has 1 aromatic rings. The van der Waals surface area contributed by atoms with E-state index in [0.717, 1.165) is 29.7 Å². The van der Waals surface area contributed by atoms with Crippen molar-refractivity contribution in [3.05, 3.63) is 26.8 Å². The van der Waals surface area contributed by atoms with Crippen LogP contribution in [0.1, 0.15) is 89.2 Å². The summed E-state index contributed by atoms with van der Waals surface area (Å²) in [5, 5.41) is 0. The van der Waals surface area contributed by atoms with Crippen molar-refractivity contribution < 1.29 is 9.53 Å². The van der Waals surface area contributed by atoms with E-state index in [4.69, 9.17) is 10.5 Å². The molecule has 148 valence electrons. The van der Waals surface area contributed by atoms with Crippen molar-refractivity contribution in [2.75, 3.05) is 6.54 Å². The Bertz CT molecular complexity index is 581. The van der Waals surface area contributed by atoms with Crippen LogP contribution in [0, 0.1) is 8.99 Å². The summed E-state index contributed by atoms with van der Waals surface area (Å²) in [5.74, 6) is 1.28. The van der Waals surface area contributed by atoms with Crippen LogP contribution in [0.2, 0.25) is 0 Å². The van der Waals surface area contributed by atoms with E-state index in [2.05, 4.69) is 62.4 Å². The maximum atomic E-state index is 12.8. The minimum atomic E-state index is -0.127. The first-order valence-electron chi connectivity index (χ1n) is 9.52. The number of ether oxygens (including phenoxy) is 1. The van der Waals surface area contributed by atoms with Crippen molar-refractivity contribution in [1.82, 2.24) is 0 Å². The highest BCUT2D eigenvalue weighted by Crippen LogP contribution is 2.40. The molecule has 0 unspecified atom stereocenters. The maximum Gasteiger partial charge on any atom is 0.311 e. The molecule has 1 aliphatic carbocycles. The smallest absolute Gasteiger partial charge is 0.311 e. The molecule has 0 amide bonds. The summed E-state index contributed by atoms with van der Waals surface area (Å²) in [6, 6.07) is 4.28. The molecule has 0 aliphatic heterocycles. The molecule has 0 saturated heterocycles. The number of halogens is 2. The summed E-state index contributed by atoms with van der Waals surface area (Å²) < 4.78 is 7.18. The molecule has 2 rings (SSSR count). The molecule has 26 heavy (non-hydrogen) atoms. The van der Waals surface area contributed by atoms with Crippen molar-refractivity contribution >= 4 is 41.0 Å². The van der Waals surface area contributed by atoms with E-state index in [1.165, 1.54) is 22.8 Å². The quantitative estimate of drug-likeness (QED) is 0.293. The number of hydrogen-bond acceptors (Lipinski definition) is 3. The molecule has 1 aliphatic rings. The van der Waals surface area contributed by atoms with Gasteiger partial charge in [0.1, 0.15) is 5.75 Å². The second-order valence-electron chi connectivity index (χ2n) is 8.14. The number of rotatable bonds is 6. The second kappa shape index (κ2) is 10.3. The third kappa shape index (κ3) is 5.83. The van der Waals surface area contributed by atoms with E-state index in [1.807, 2.05) is 0 Å². The summed E-state index contributed by atoms with van der Waals surface area (Å²) in [5.41, 5.74) is 8.23. The summed E-state index contributed by atoms with van der Waals surface area (Å²) >= 11 is 2.34. The fraction of sp³-hybridized carbons (Fsp3) is 0.667. The molecule has 0 aromatic heterocycles. The van der Waals surface area contributed by atoms with Gasteiger partial charge in [-0.2, -0.15) is 0 Å². The molecular formula is C21H33ClINO2. The zero-order chi connectivity index (χ0) is 18.6. The van der Waals surface area contributed by atoms with Gasteiger partial charge in [0.2, 0.25) is 0 Å². The molecule has 0 radical (unpaired) electrons. The van der Waals surface area contributed by atoms with Gasteiger partial charge in [-0.15, -0.1) is 12.4 Å². The van der Waals surface area contributed by atoms with E-state index in [9.17, 15) is 4.79 Å². The van der Waals surface area contributed by atoms with Gasteiger partial charge in [0.15, 0.2) is 0 Å². The minimum Gasteiger partial charge on any atom is -0.426 e. The Morgan fingerprint density at radius 3 is 2.04 bits per heavy atom. The molecule has 0 bridgehead atoms. The highest BCUT2D eigenvalue weighted by Gasteiger charge is 2.34. The van der Waals surface area contributed by atoms with Gasteiger partial charge in [0.25, 0.3) is 0 Å². The van der Waals surface area contributed by atoms with Gasteiger partial charge in [-0.25, -0.2) is 0 Å². The largest absolute Gasteiger partial charge is 0.426 e. The fourth-order valence-electron chi connectivity index (χ4n) is 3.82. The maximum absolute atomic E-state index is 12.8. The molecule has 1 saturated carbocycles. The SMILES string of the molecule is CC(C)c1cc(I)cc(C(C)C)c1OC(=O)CC1(CN)CCCCC1.Cl. The molecule has 5 heteroatoms. The van der Waals surface area contributed by atoms with E-state index in [0.29, 0.717) is 24.8 Å². The number of benzene rings is 1. The Hall–Kier alpha value is -0.330. The van der Waals surface area contributed by atoms with E-state index in [1.54, 1.807) is 0 Å². The summed E-state index contributed by atoms with van der Waals surface area (Å²) in [6.45, 7) is 9.17. The highest BCUT2D eigenvalue weighted by atomic mass is 127. The van der Waals surface area contributed by atoms with Gasteiger partial charge in [0, 0.05) is 3.57 Å². The fourth-order valence-corrected chi connectivity index (χ4v) is 4.49. The molecule has 2 N–H and O–H groups in total. The summed E-state index contributed by atoms with van der Waals surface area (Å²) in [4.78, 5) is 12.8. The zero-order valence-corrected chi connectivity index (χ0v) is 19.4. The van der Waals surface area contributed by atoms with Crippen molar-refractivity contribution in [3.8, 4) is 5.75 Å². The van der Waals surface area contributed by atoms with Gasteiger partial charge >= 0.3 is 5.97 Å². The van der Waals surface area contributed by atoms with Crippen molar-refractivity contribution in [2.24, 2.45) is 11.1 Å². The van der Waals surface area contributed by atoms with Crippen LogP contribution < -0.4 is 10.5 Å². The number of carbonyl (C=O) groups excluding carboxylic acids is 1. The van der Waals surface area contributed by atoms with Gasteiger partial charge in [-0.05, 0) is 82.5 Å². The number of esters is 1. The van der Waals surface area contributed by atoms with E-state index >= 15 is 0 Å². The number of carbonyl (C=O) groups is 1. The Morgan fingerprint density at radius 2 is 1.62 bits per heavy atom. The average Bonchev–Trinajstić information content (AvgIpc) is 2.56. The average molecular weight is 494 g/mol. The van der Waals surface area contributed by atoms with Gasteiger partial charge < -0.3 is 10.5 Å². The molecule has 0 spiro atoms. The number of hydrogen-bond donors (Lipinski definition) is 1. The Kier molecular flexibility index (Phi) is 9.37. The predicted molar refractivity (Wildman–Crippen MR) is 119 cm³/mol. The first kappa shape index (κ1) is 23.7. The van der Waals surface area contributed by atoms with Crippen LogP contribution >= 0.6 is 35.0 Å². The third-order valence-electron chi connectivity index (χ3n) is 5.44. The van der Waals surface area contributed by atoms with Crippen LogP contribution in [0.25, 0.3) is 0 Å². The van der Waals surface area contributed by atoms with Crippen molar-refractivity contribution in [2.45, 2.75) is 78.1 Å². The van der Waals surface area contributed by atoms with Crippen molar-refractivity contribution in [1.29, 1.82) is 0 Å². The van der Waals surface area contributed by atoms with E-state index < -0.39 is 0 Å². The van der Waals surface area contributed by atoms with Crippen LogP contribution in [0.15, 0.2) is 12.1 Å². The lowest BCUT2D eigenvalue weighted by Crippen LogP contribution is -2.36. The van der Waals surface area contributed by atoms with Crippen molar-refractivity contribution in [3.63, 3.8) is 0 Å². The van der Waals surface area contributed by atoms with E-state index in [-0.39, 0.29) is 23.8 Å². The molecule has 1 fully saturated rings. The van der Waals surface area contributed by atoms with Crippen LogP contribution in [0.3, 0.4) is 0 Å². The monoisotopic (exact) mass is 493 g/mol. The first-order valence-corrected chi connectivity index (χ1v) is 10.6. The third-order valence-corrected chi connectivity index (χ3v) is 6.06. The molecular weight excluding hydrogens is 461 g/mol. The Balaban J connectivity index is 0.00000338. The van der Waals surface area contributed by atoms with Gasteiger partial charge in [-0.3, -0.25) is 4.79 Å². The normalized spacial score (nSPS) is 16.5. The first-order chi connectivity index (χ1) is 11.8. The lowest BCUT2D eigenvalue weighted by molar-refractivity contribution is -0.137. The highest BCUT2D eigenvalue weighted by molar-refractivity contribution is 14.1. The lowest BCUT2D eigenvalue weighted by atomic mass is 9.72. The molecule has 0 heterocycles. The topological polar surface area (TPSA) is 52.3 Å². The van der Waals surface area contributed by atoms with Gasteiger partial charge in [0.05, 0.1) is 6.42 Å². The van der Waals surface area contributed by atoms with Crippen LogP contribution in [-0.4, -0.2) is 12.5 Å². The number of nitrogens with two attached hydrogens (primary N) is 1. The Labute approximate surface area is 178 Å². The van der Waals surface area contributed by atoms with Crippen LogP contribution in [0.5, 0.6) is 5.75 Å². The second-order valence-corrected chi connectivity index (χ2v) is 9.38. The van der Waals surface area contributed by atoms with Crippen LogP contribution in [0.4, 0.5) is 0 Å². The molecule has 0 atom stereocenters. The van der Waals surface area contributed by atoms with Crippen LogP contribution in [-0.2, 0) is 4.79 Å². The summed E-state index contributed by atoms with van der Waals surface area (Å²) in [6.07, 6.45) is 6.11. The molecule has 1 aromatic carbocycles. The zero-order valence-electron chi connectivity index (χ0n) is 16.4. The summed E-state index contributed by atoms with van der Waals surface area (Å²) in [7, 11) is 0. The standard InChI is InChI=1S/C21H32INO2.ClH/c1-14(2)17-10-16(22)11-18(15(3)4)20(17)25-19(24)12-21(13-23)8-6-5-7-9-21;/h10-11,14-15H,5-9,12-13,23H2,1-4H3;1H. The van der Waals surface area contributed by atoms with Gasteiger partial charge in [-0.1, -0.05) is 47.0 Å².